The standard InChI is InChI=1S/C48H32N2.C36H26O2P2S/c1-3-15-39(37(13-1)33-25-29-35(30-26-33)49-45-21-9-5-17-41(45)42-18-6-10-22-46(42)49)40-16-4-2-14-38(40)34-27-31-36(32-28-34)50-47-23-11-7-19-43(47)44-20-8-12-24-48(44)50;37-39(27-13-5-1-6-14-27,28-15-7-2-8-16-28)31-21-23-35-33(25-31)34-26-32(22-24-36(34)41-35)40(38,29-17-9-3-10-18-29)30-19-11-4-12-20-30/h1-32H;1-26H. The molecule has 432 valence electrons. The zero-order chi connectivity index (χ0) is 60.9. The molecule has 0 N–H and O–H groups in total. The van der Waals surface area contributed by atoms with E-state index in [2.05, 4.69) is 228 Å². The Labute approximate surface area is 532 Å². The van der Waals surface area contributed by atoms with Crippen LogP contribution in [-0.4, -0.2) is 9.13 Å². The Morgan fingerprint density at radius 2 is 0.484 bits per heavy atom. The molecule has 14 aromatic carbocycles. The van der Waals surface area contributed by atoms with Crippen molar-refractivity contribution in [2.45, 2.75) is 0 Å². The summed E-state index contributed by atoms with van der Waals surface area (Å²) in [5.74, 6) is 0. The summed E-state index contributed by atoms with van der Waals surface area (Å²) in [6.07, 6.45) is 0. The highest BCUT2D eigenvalue weighted by atomic mass is 32.1. The maximum Gasteiger partial charge on any atom is 0.171 e. The first-order chi connectivity index (χ1) is 44.9. The molecule has 7 heteroatoms. The van der Waals surface area contributed by atoms with Crippen molar-refractivity contribution in [2.24, 2.45) is 0 Å². The van der Waals surface area contributed by atoms with Crippen LogP contribution in [0.1, 0.15) is 0 Å². The molecule has 0 atom stereocenters. The molecule has 0 unspecified atom stereocenters. The average Bonchev–Trinajstić information content (AvgIpc) is 1.76. The van der Waals surface area contributed by atoms with Gasteiger partial charge in [-0.2, -0.15) is 0 Å². The first kappa shape index (κ1) is 55.7. The molecule has 0 fully saturated rings. The molecule has 3 aromatic heterocycles. The molecule has 0 amide bonds. The summed E-state index contributed by atoms with van der Waals surface area (Å²) in [4.78, 5) is 0. The van der Waals surface area contributed by atoms with Crippen molar-refractivity contribution in [3.8, 4) is 44.8 Å². The predicted octanol–water partition coefficient (Wildman–Crippen LogP) is 20.2. The van der Waals surface area contributed by atoms with E-state index in [1.54, 1.807) is 11.3 Å². The highest BCUT2D eigenvalue weighted by Gasteiger charge is 2.32. The van der Waals surface area contributed by atoms with Crippen molar-refractivity contribution in [2.75, 3.05) is 0 Å². The SMILES string of the molecule is O=P(c1ccccc1)(c1ccccc1)c1ccc2sc3ccc(P(=O)(c4ccccc4)c4ccccc4)cc3c2c1.c1ccc(-c2ccccc2-c2ccc(-n3c4ccccc4c4ccccc43)cc2)c(-c2ccc(-n3c4ccccc4c4ccccc43)cc2)c1. The molecule has 0 saturated carbocycles. The molecule has 0 aliphatic rings. The molecular formula is C84H58N2O2P2S. The second kappa shape index (κ2) is 23.4. The molecule has 4 nitrogen and oxygen atoms in total. The predicted molar refractivity (Wildman–Crippen MR) is 390 cm³/mol. The van der Waals surface area contributed by atoms with Crippen molar-refractivity contribution in [1.29, 1.82) is 0 Å². The third-order valence-corrected chi connectivity index (χ3v) is 25.1. The van der Waals surface area contributed by atoms with Crippen LogP contribution in [0.5, 0.6) is 0 Å². The summed E-state index contributed by atoms with van der Waals surface area (Å²) in [6, 6.07) is 122. The van der Waals surface area contributed by atoms with E-state index in [9.17, 15) is 0 Å². The maximum absolute atomic E-state index is 15.1. The van der Waals surface area contributed by atoms with Crippen LogP contribution in [0.2, 0.25) is 0 Å². The van der Waals surface area contributed by atoms with Crippen LogP contribution in [0.25, 0.3) is 109 Å². The van der Waals surface area contributed by atoms with Crippen LogP contribution in [0, 0.1) is 0 Å². The molecule has 0 aliphatic heterocycles. The number of aromatic nitrogens is 2. The van der Waals surface area contributed by atoms with Gasteiger partial charge in [0, 0.05) is 84.9 Å². The molecule has 0 radical (unpaired) electrons. The highest BCUT2D eigenvalue weighted by Crippen LogP contribution is 2.48. The van der Waals surface area contributed by atoms with E-state index in [1.807, 2.05) is 133 Å². The van der Waals surface area contributed by atoms with E-state index >= 15 is 9.13 Å². The van der Waals surface area contributed by atoms with Gasteiger partial charge in [-0.1, -0.05) is 267 Å². The van der Waals surface area contributed by atoms with Gasteiger partial charge in [-0.05, 0) is 118 Å². The van der Waals surface area contributed by atoms with Crippen molar-refractivity contribution in [3.63, 3.8) is 0 Å². The second-order valence-corrected chi connectivity index (χ2v) is 29.6. The number of para-hydroxylation sites is 4. The minimum absolute atomic E-state index is 0.793. The highest BCUT2D eigenvalue weighted by molar-refractivity contribution is 7.85. The quantitative estimate of drug-likeness (QED) is 0.121. The summed E-state index contributed by atoms with van der Waals surface area (Å²) >= 11 is 1.70. The second-order valence-electron chi connectivity index (χ2n) is 22.9. The fourth-order valence-corrected chi connectivity index (χ4v) is 19.9. The summed E-state index contributed by atoms with van der Waals surface area (Å²) in [5.41, 5.74) is 14.5. The Morgan fingerprint density at radius 3 is 0.791 bits per heavy atom. The third kappa shape index (κ3) is 9.69. The monoisotopic (exact) mass is 1220 g/mol. The summed E-state index contributed by atoms with van der Waals surface area (Å²) in [7, 11) is -6.25. The van der Waals surface area contributed by atoms with Crippen LogP contribution >= 0.6 is 25.6 Å². The normalized spacial score (nSPS) is 11.8. The topological polar surface area (TPSA) is 44.0 Å². The van der Waals surface area contributed by atoms with Gasteiger partial charge in [0.25, 0.3) is 0 Å². The largest absolute Gasteiger partial charge is 0.309 e. The van der Waals surface area contributed by atoms with Gasteiger partial charge in [-0.15, -0.1) is 11.3 Å². The lowest BCUT2D eigenvalue weighted by Gasteiger charge is -2.20. The molecule has 3 heterocycles. The fourth-order valence-electron chi connectivity index (χ4n) is 13.5. The molecule has 0 aliphatic carbocycles. The smallest absolute Gasteiger partial charge is 0.171 e. The minimum Gasteiger partial charge on any atom is -0.309 e. The Kier molecular flexibility index (Phi) is 14.3. The first-order valence-electron chi connectivity index (χ1n) is 30.7. The van der Waals surface area contributed by atoms with Gasteiger partial charge in [-0.3, -0.25) is 0 Å². The molecule has 0 bridgehead atoms. The van der Waals surface area contributed by atoms with E-state index < -0.39 is 14.3 Å². The third-order valence-electron chi connectivity index (χ3n) is 17.8. The van der Waals surface area contributed by atoms with Crippen LogP contribution in [0.3, 0.4) is 0 Å². The minimum atomic E-state index is -3.12. The first-order valence-corrected chi connectivity index (χ1v) is 34.9. The molecule has 17 rings (SSSR count). The van der Waals surface area contributed by atoms with Crippen LogP contribution in [0.15, 0.2) is 352 Å². The number of benzene rings is 14. The van der Waals surface area contributed by atoms with E-state index in [4.69, 9.17) is 0 Å². The molecular weight excluding hydrogens is 1160 g/mol. The zero-order valence-corrected chi connectivity index (χ0v) is 52.1. The number of hydrogen-bond donors (Lipinski definition) is 0. The lowest BCUT2D eigenvalue weighted by molar-refractivity contribution is 0.591. The molecule has 17 aromatic rings. The van der Waals surface area contributed by atoms with E-state index in [1.165, 1.54) is 77.0 Å². The number of thiophene rings is 1. The maximum atomic E-state index is 15.1. The molecule has 0 saturated heterocycles. The summed E-state index contributed by atoms with van der Waals surface area (Å²) < 4.78 is 37.1. The van der Waals surface area contributed by atoms with Gasteiger partial charge in [-0.25, -0.2) is 0 Å². The van der Waals surface area contributed by atoms with Gasteiger partial charge in [0.2, 0.25) is 0 Å². The van der Waals surface area contributed by atoms with E-state index in [0.717, 1.165) is 63.4 Å². The van der Waals surface area contributed by atoms with Crippen LogP contribution < -0.4 is 31.8 Å². The van der Waals surface area contributed by atoms with Crippen molar-refractivity contribution < 1.29 is 9.13 Å². The van der Waals surface area contributed by atoms with Gasteiger partial charge in [0.15, 0.2) is 14.3 Å². The Hall–Kier alpha value is -10.6. The summed E-state index contributed by atoms with van der Waals surface area (Å²) in [5, 5.41) is 12.0. The van der Waals surface area contributed by atoms with Gasteiger partial charge in [0.1, 0.15) is 0 Å². The van der Waals surface area contributed by atoms with Gasteiger partial charge >= 0.3 is 0 Å². The zero-order valence-electron chi connectivity index (χ0n) is 49.5. The Balaban J connectivity index is 0.000000148. The number of hydrogen-bond acceptors (Lipinski definition) is 3. The van der Waals surface area contributed by atoms with Gasteiger partial charge < -0.3 is 18.3 Å². The Morgan fingerprint density at radius 1 is 0.220 bits per heavy atom. The lowest BCUT2D eigenvalue weighted by Crippen LogP contribution is -2.25. The average molecular weight is 1220 g/mol. The Bertz CT molecular complexity index is 5100. The summed E-state index contributed by atoms with van der Waals surface area (Å²) in [6.45, 7) is 0. The van der Waals surface area contributed by atoms with E-state index in [-0.39, 0.29) is 0 Å². The fraction of sp³-hybridized carbons (Fsp3) is 0. The number of nitrogens with zero attached hydrogens (tertiary/aromatic N) is 2. The van der Waals surface area contributed by atoms with Crippen molar-refractivity contribution >= 4 is 121 Å². The molecule has 91 heavy (non-hydrogen) atoms. The number of fused-ring (bicyclic) bond motifs is 9. The number of rotatable bonds is 11. The lowest BCUT2D eigenvalue weighted by atomic mass is 9.89. The van der Waals surface area contributed by atoms with Crippen LogP contribution in [-0.2, 0) is 9.13 Å². The molecule has 0 spiro atoms. The van der Waals surface area contributed by atoms with E-state index in [0.29, 0.717) is 0 Å². The van der Waals surface area contributed by atoms with Gasteiger partial charge in [0.05, 0.1) is 22.1 Å². The van der Waals surface area contributed by atoms with Crippen molar-refractivity contribution in [1.82, 2.24) is 9.13 Å². The van der Waals surface area contributed by atoms with Crippen LogP contribution in [0.4, 0.5) is 0 Å². The van der Waals surface area contributed by atoms with Crippen molar-refractivity contribution in [3.05, 3.63) is 352 Å².